The molecule has 0 aliphatic rings. The number of aliphatic hydroxyl groups excluding tert-OH is 1. The van der Waals surface area contributed by atoms with Gasteiger partial charge in [-0.15, -0.1) is 0 Å². The Kier molecular flexibility index (Phi) is 4.29. The largest absolute Gasteiger partial charge is 0.384 e. The quantitative estimate of drug-likeness (QED) is 0.805. The zero-order chi connectivity index (χ0) is 11.4. The molecule has 0 radical (unpaired) electrons. The number of ether oxygens (including phenoxy) is 1. The molecule has 0 aromatic carbocycles. The molecule has 15 heavy (non-hydrogen) atoms. The molecule has 2 unspecified atom stereocenters. The molecule has 0 bridgehead atoms. The molecule has 86 valence electrons. The van der Waals surface area contributed by atoms with Gasteiger partial charge in [0, 0.05) is 19.9 Å². The highest BCUT2D eigenvalue weighted by Gasteiger charge is 2.26. The Morgan fingerprint density at radius 3 is 2.60 bits per heavy atom. The van der Waals surface area contributed by atoms with Crippen LogP contribution in [-0.2, 0) is 11.8 Å². The molecule has 1 heterocycles. The lowest BCUT2D eigenvalue weighted by molar-refractivity contribution is -0.0614. The smallest absolute Gasteiger partial charge is 0.122 e. The van der Waals surface area contributed by atoms with Gasteiger partial charge in [-0.3, -0.25) is 4.68 Å². The van der Waals surface area contributed by atoms with E-state index < -0.39 is 6.10 Å². The topological polar surface area (TPSA) is 47.3 Å². The highest BCUT2D eigenvalue weighted by atomic mass is 16.5. The second kappa shape index (κ2) is 5.28. The van der Waals surface area contributed by atoms with E-state index in [1.807, 2.05) is 33.9 Å². The fraction of sp³-hybridized carbons (Fsp3) is 0.727. The van der Waals surface area contributed by atoms with Gasteiger partial charge in [0.2, 0.25) is 0 Å². The Morgan fingerprint density at radius 1 is 1.53 bits per heavy atom. The van der Waals surface area contributed by atoms with Crippen LogP contribution in [0.3, 0.4) is 0 Å². The molecule has 2 atom stereocenters. The first-order valence-corrected chi connectivity index (χ1v) is 5.35. The van der Waals surface area contributed by atoms with Crippen LogP contribution in [0.2, 0.25) is 0 Å². The molecule has 0 saturated heterocycles. The summed E-state index contributed by atoms with van der Waals surface area (Å²) in [5.41, 5.74) is 0.794. The van der Waals surface area contributed by atoms with Crippen molar-refractivity contribution in [1.29, 1.82) is 0 Å². The maximum absolute atomic E-state index is 10.2. The van der Waals surface area contributed by atoms with Crippen LogP contribution in [0.4, 0.5) is 0 Å². The summed E-state index contributed by atoms with van der Waals surface area (Å²) in [6.45, 7) is 6.63. The van der Waals surface area contributed by atoms with Crippen LogP contribution in [0.15, 0.2) is 12.3 Å². The monoisotopic (exact) mass is 212 g/mol. The van der Waals surface area contributed by atoms with Crippen molar-refractivity contribution >= 4 is 0 Å². The van der Waals surface area contributed by atoms with Gasteiger partial charge < -0.3 is 9.84 Å². The van der Waals surface area contributed by atoms with Crippen molar-refractivity contribution in [2.75, 3.05) is 6.61 Å². The first-order valence-electron chi connectivity index (χ1n) is 5.35. The van der Waals surface area contributed by atoms with E-state index >= 15 is 0 Å². The molecule has 1 aromatic heterocycles. The molecule has 0 aliphatic heterocycles. The molecular formula is C11H20N2O2. The maximum Gasteiger partial charge on any atom is 0.122 e. The highest BCUT2D eigenvalue weighted by molar-refractivity contribution is 5.06. The molecule has 0 saturated carbocycles. The second-order valence-corrected chi connectivity index (χ2v) is 3.99. The third-order valence-corrected chi connectivity index (χ3v) is 2.49. The number of hydrogen-bond acceptors (Lipinski definition) is 3. The minimum atomic E-state index is -0.613. The second-order valence-electron chi connectivity index (χ2n) is 3.99. The minimum Gasteiger partial charge on any atom is -0.384 e. The number of aryl methyl sites for hydroxylation is 1. The van der Waals surface area contributed by atoms with Gasteiger partial charge in [0.25, 0.3) is 0 Å². The number of hydrogen-bond donors (Lipinski definition) is 1. The van der Waals surface area contributed by atoms with E-state index in [2.05, 4.69) is 5.10 Å². The van der Waals surface area contributed by atoms with Crippen LogP contribution in [-0.4, -0.2) is 27.6 Å². The summed E-state index contributed by atoms with van der Waals surface area (Å²) in [6.07, 6.45) is 0.893. The third-order valence-electron chi connectivity index (χ3n) is 2.49. The molecule has 1 N–H and O–H groups in total. The van der Waals surface area contributed by atoms with E-state index in [0.29, 0.717) is 6.61 Å². The third kappa shape index (κ3) is 2.79. The van der Waals surface area contributed by atoms with Crippen molar-refractivity contribution in [3.05, 3.63) is 18.0 Å². The summed E-state index contributed by atoms with van der Waals surface area (Å²) in [5.74, 6) is 0.273. The Labute approximate surface area is 90.9 Å². The number of nitrogens with zero attached hydrogens (tertiary/aromatic N) is 2. The number of aromatic nitrogens is 2. The molecule has 4 heteroatoms. The van der Waals surface area contributed by atoms with E-state index in [1.54, 1.807) is 10.9 Å². The molecule has 0 spiro atoms. The first-order chi connectivity index (χ1) is 7.07. The minimum absolute atomic E-state index is 0.176. The first kappa shape index (κ1) is 12.2. The van der Waals surface area contributed by atoms with Crippen LogP contribution in [0.1, 0.15) is 32.6 Å². The predicted molar refractivity (Wildman–Crippen MR) is 58.4 cm³/mol. The lowest BCUT2D eigenvalue weighted by Gasteiger charge is -2.26. The van der Waals surface area contributed by atoms with Crippen LogP contribution in [0.5, 0.6) is 0 Å². The summed E-state index contributed by atoms with van der Waals surface area (Å²) < 4.78 is 7.23. The zero-order valence-electron chi connectivity index (χ0n) is 9.84. The van der Waals surface area contributed by atoms with Crippen LogP contribution >= 0.6 is 0 Å². The van der Waals surface area contributed by atoms with Crippen molar-refractivity contribution in [2.45, 2.75) is 33.0 Å². The van der Waals surface area contributed by atoms with Gasteiger partial charge in [0.05, 0.1) is 11.8 Å². The summed E-state index contributed by atoms with van der Waals surface area (Å²) in [4.78, 5) is 0. The van der Waals surface area contributed by atoms with E-state index in [9.17, 15) is 5.11 Å². The molecule has 4 nitrogen and oxygen atoms in total. The number of rotatable bonds is 5. The van der Waals surface area contributed by atoms with E-state index in [-0.39, 0.29) is 12.0 Å². The van der Waals surface area contributed by atoms with Gasteiger partial charge in [-0.2, -0.15) is 5.10 Å². The lowest BCUT2D eigenvalue weighted by atomic mass is 9.99. The average Bonchev–Trinajstić information content (AvgIpc) is 2.59. The average molecular weight is 212 g/mol. The Hall–Kier alpha value is -0.870. The summed E-state index contributed by atoms with van der Waals surface area (Å²) in [6, 6.07) is 1.82. The molecular weight excluding hydrogens is 192 g/mol. The Balaban J connectivity index is 2.80. The van der Waals surface area contributed by atoms with Gasteiger partial charge in [-0.1, -0.05) is 13.8 Å². The van der Waals surface area contributed by atoms with Crippen LogP contribution < -0.4 is 0 Å². The lowest BCUT2D eigenvalue weighted by Crippen LogP contribution is -2.29. The van der Waals surface area contributed by atoms with E-state index in [1.165, 1.54) is 0 Å². The highest BCUT2D eigenvalue weighted by Crippen LogP contribution is 2.23. The zero-order valence-corrected chi connectivity index (χ0v) is 9.84. The van der Waals surface area contributed by atoms with Gasteiger partial charge in [-0.25, -0.2) is 0 Å². The van der Waals surface area contributed by atoms with Crippen molar-refractivity contribution in [1.82, 2.24) is 9.78 Å². The van der Waals surface area contributed by atoms with Crippen molar-refractivity contribution < 1.29 is 9.84 Å². The summed E-state index contributed by atoms with van der Waals surface area (Å²) in [7, 11) is 1.82. The summed E-state index contributed by atoms with van der Waals surface area (Å²) in [5, 5.41) is 14.2. The molecule has 0 fully saturated rings. The SMILES string of the molecule is CCOC(C(C)C)C(O)c1ccnn1C. The molecule has 1 aromatic rings. The Bertz CT molecular complexity index is 297. The standard InChI is InChI=1S/C11H20N2O2/c1-5-15-11(8(2)3)10(14)9-6-7-12-13(9)4/h6-8,10-11,14H,5H2,1-4H3. The fourth-order valence-electron chi connectivity index (χ4n) is 1.68. The number of aliphatic hydroxyl groups is 1. The van der Waals surface area contributed by atoms with Gasteiger partial charge >= 0.3 is 0 Å². The maximum atomic E-state index is 10.2. The Morgan fingerprint density at radius 2 is 2.20 bits per heavy atom. The van der Waals surface area contributed by atoms with Crippen LogP contribution in [0.25, 0.3) is 0 Å². The van der Waals surface area contributed by atoms with Crippen molar-refractivity contribution in [2.24, 2.45) is 13.0 Å². The summed E-state index contributed by atoms with van der Waals surface area (Å²) >= 11 is 0. The molecule has 1 rings (SSSR count). The van der Waals surface area contributed by atoms with Gasteiger partial charge in [0.15, 0.2) is 0 Å². The van der Waals surface area contributed by atoms with Crippen LogP contribution in [0, 0.1) is 5.92 Å². The van der Waals surface area contributed by atoms with Gasteiger partial charge in [0.1, 0.15) is 6.10 Å². The normalized spacial score (nSPS) is 15.6. The predicted octanol–water partition coefficient (Wildman–Crippen LogP) is 1.51. The van der Waals surface area contributed by atoms with Gasteiger partial charge in [-0.05, 0) is 18.9 Å². The van der Waals surface area contributed by atoms with E-state index in [0.717, 1.165) is 5.69 Å². The van der Waals surface area contributed by atoms with E-state index in [4.69, 9.17) is 4.74 Å². The molecule has 0 amide bonds. The van der Waals surface area contributed by atoms with Crippen molar-refractivity contribution in [3.63, 3.8) is 0 Å². The van der Waals surface area contributed by atoms with Crippen molar-refractivity contribution in [3.8, 4) is 0 Å². The molecule has 0 aliphatic carbocycles. The fourth-order valence-corrected chi connectivity index (χ4v) is 1.68.